The number of aromatic nitrogens is 2. The SMILES string of the molecule is O=C(c1csc(-c2ccccc2)n1)N1CCN(c2ccc(S(=O)(=O)N3CCOCC3)cn2)CC1. The molecule has 0 saturated carbocycles. The van der Waals surface area contributed by atoms with Gasteiger partial charge in [0.05, 0.1) is 13.2 Å². The van der Waals surface area contributed by atoms with Crippen molar-refractivity contribution in [2.75, 3.05) is 57.4 Å². The molecule has 2 aliphatic rings. The minimum absolute atomic E-state index is 0.0713. The van der Waals surface area contributed by atoms with E-state index in [-0.39, 0.29) is 10.8 Å². The molecule has 2 fully saturated rings. The lowest BCUT2D eigenvalue weighted by Crippen LogP contribution is -2.49. The van der Waals surface area contributed by atoms with Crippen LogP contribution in [-0.2, 0) is 14.8 Å². The minimum Gasteiger partial charge on any atom is -0.379 e. The quantitative estimate of drug-likeness (QED) is 0.531. The van der Waals surface area contributed by atoms with Gasteiger partial charge in [-0.1, -0.05) is 30.3 Å². The number of rotatable bonds is 5. The first-order chi connectivity index (χ1) is 16.5. The lowest BCUT2D eigenvalue weighted by atomic mass is 10.2. The van der Waals surface area contributed by atoms with E-state index >= 15 is 0 Å². The topological polar surface area (TPSA) is 95.9 Å². The van der Waals surface area contributed by atoms with Gasteiger partial charge in [0.2, 0.25) is 10.0 Å². The fourth-order valence-corrected chi connectivity index (χ4v) is 6.19. The molecule has 0 radical (unpaired) electrons. The molecule has 11 heteroatoms. The van der Waals surface area contributed by atoms with Gasteiger partial charge in [-0.15, -0.1) is 11.3 Å². The van der Waals surface area contributed by atoms with E-state index in [4.69, 9.17) is 4.74 Å². The molecule has 3 aromatic rings. The predicted molar refractivity (Wildman–Crippen MR) is 129 cm³/mol. The van der Waals surface area contributed by atoms with E-state index in [2.05, 4.69) is 14.9 Å². The Balaban J connectivity index is 1.20. The van der Waals surface area contributed by atoms with Crippen molar-refractivity contribution in [1.82, 2.24) is 19.2 Å². The highest BCUT2D eigenvalue weighted by atomic mass is 32.2. The van der Waals surface area contributed by atoms with Crippen molar-refractivity contribution in [2.45, 2.75) is 4.90 Å². The van der Waals surface area contributed by atoms with E-state index in [9.17, 15) is 13.2 Å². The van der Waals surface area contributed by atoms with Crippen molar-refractivity contribution in [1.29, 1.82) is 0 Å². The van der Waals surface area contributed by atoms with E-state index in [1.165, 1.54) is 21.8 Å². The van der Waals surface area contributed by atoms with Crippen LogP contribution in [0.4, 0.5) is 5.82 Å². The number of morpholine rings is 1. The molecule has 4 heterocycles. The first-order valence-corrected chi connectivity index (χ1v) is 13.4. The van der Waals surface area contributed by atoms with Gasteiger partial charge >= 0.3 is 0 Å². The average Bonchev–Trinajstić information content (AvgIpc) is 3.40. The smallest absolute Gasteiger partial charge is 0.273 e. The van der Waals surface area contributed by atoms with Crippen molar-refractivity contribution in [2.24, 2.45) is 0 Å². The van der Waals surface area contributed by atoms with Crippen molar-refractivity contribution < 1.29 is 17.9 Å². The maximum absolute atomic E-state index is 12.9. The Morgan fingerprint density at radius 1 is 0.941 bits per heavy atom. The fraction of sp³-hybridized carbons (Fsp3) is 0.348. The van der Waals surface area contributed by atoms with E-state index in [0.717, 1.165) is 10.6 Å². The summed E-state index contributed by atoms with van der Waals surface area (Å²) >= 11 is 1.47. The Morgan fingerprint density at radius 3 is 2.35 bits per heavy atom. The Hall–Kier alpha value is -2.86. The number of hydrogen-bond acceptors (Lipinski definition) is 8. The Kier molecular flexibility index (Phi) is 6.59. The normalized spacial score (nSPS) is 17.6. The number of ether oxygens (including phenoxy) is 1. The van der Waals surface area contributed by atoms with Gasteiger partial charge < -0.3 is 14.5 Å². The second-order valence-electron chi connectivity index (χ2n) is 8.05. The van der Waals surface area contributed by atoms with E-state index in [0.29, 0.717) is 64.0 Å². The Morgan fingerprint density at radius 2 is 1.68 bits per heavy atom. The highest BCUT2D eigenvalue weighted by Gasteiger charge is 2.28. The molecule has 5 rings (SSSR count). The van der Waals surface area contributed by atoms with Crippen LogP contribution in [0, 0.1) is 0 Å². The number of carbonyl (C=O) groups is 1. The van der Waals surface area contributed by atoms with Crippen molar-refractivity contribution in [3.05, 3.63) is 59.7 Å². The molecule has 178 valence electrons. The third-order valence-electron chi connectivity index (χ3n) is 5.96. The second-order valence-corrected chi connectivity index (χ2v) is 10.8. The van der Waals surface area contributed by atoms with E-state index in [1.807, 2.05) is 35.7 Å². The number of sulfonamides is 1. The summed E-state index contributed by atoms with van der Waals surface area (Å²) in [5, 5.41) is 2.64. The molecule has 1 amide bonds. The van der Waals surface area contributed by atoms with Crippen molar-refractivity contribution in [3.8, 4) is 10.6 Å². The number of benzene rings is 1. The van der Waals surface area contributed by atoms with Crippen molar-refractivity contribution >= 4 is 33.1 Å². The molecule has 0 atom stereocenters. The van der Waals surface area contributed by atoms with Crippen LogP contribution < -0.4 is 4.90 Å². The van der Waals surface area contributed by atoms with Crippen molar-refractivity contribution in [3.63, 3.8) is 0 Å². The van der Waals surface area contributed by atoms with Crippen LogP contribution in [0.15, 0.2) is 58.9 Å². The van der Waals surface area contributed by atoms with Crippen LogP contribution in [0.5, 0.6) is 0 Å². The maximum atomic E-state index is 12.9. The summed E-state index contributed by atoms with van der Waals surface area (Å²) in [6.45, 7) is 3.84. The fourth-order valence-electron chi connectivity index (χ4n) is 4.03. The number of amides is 1. The van der Waals surface area contributed by atoms with Crippen LogP contribution in [0.2, 0.25) is 0 Å². The number of piperazine rings is 1. The summed E-state index contributed by atoms with van der Waals surface area (Å²) in [4.78, 5) is 25.9. The molecular formula is C23H25N5O4S2. The van der Waals surface area contributed by atoms with E-state index < -0.39 is 10.0 Å². The standard InChI is InChI=1S/C23H25N5O4S2/c29-23(20-17-33-22(25-20)18-4-2-1-3-5-18)27-10-8-26(9-11-27)21-7-6-19(16-24-21)34(30,31)28-12-14-32-15-13-28/h1-7,16-17H,8-15H2. The van der Waals surface area contributed by atoms with Gasteiger partial charge in [0.25, 0.3) is 5.91 Å². The highest BCUT2D eigenvalue weighted by molar-refractivity contribution is 7.89. The molecule has 0 N–H and O–H groups in total. The van der Waals surface area contributed by atoms with Crippen LogP contribution in [0.3, 0.4) is 0 Å². The van der Waals surface area contributed by atoms with Gasteiger partial charge in [-0.2, -0.15) is 4.31 Å². The maximum Gasteiger partial charge on any atom is 0.273 e. The number of nitrogens with zero attached hydrogens (tertiary/aromatic N) is 5. The number of carbonyl (C=O) groups excluding carboxylic acids is 1. The predicted octanol–water partition coefficient (Wildman–Crippen LogP) is 2.19. The summed E-state index contributed by atoms with van der Waals surface area (Å²) in [7, 11) is -3.56. The molecule has 9 nitrogen and oxygen atoms in total. The number of thiazole rings is 1. The van der Waals surface area contributed by atoms with Gasteiger partial charge in [-0.3, -0.25) is 4.79 Å². The second kappa shape index (κ2) is 9.79. The third kappa shape index (κ3) is 4.69. The Bertz CT molecular complexity index is 1230. The molecular weight excluding hydrogens is 474 g/mol. The molecule has 0 unspecified atom stereocenters. The summed E-state index contributed by atoms with van der Waals surface area (Å²) in [5.41, 5.74) is 1.47. The number of pyridine rings is 1. The zero-order chi connectivity index (χ0) is 23.5. The van der Waals surface area contributed by atoms with Gasteiger partial charge in [-0.05, 0) is 12.1 Å². The van der Waals surface area contributed by atoms with Crippen LogP contribution >= 0.6 is 11.3 Å². The van der Waals surface area contributed by atoms with Crippen LogP contribution in [0.1, 0.15) is 10.5 Å². The molecule has 0 spiro atoms. The lowest BCUT2D eigenvalue weighted by molar-refractivity contribution is 0.0730. The third-order valence-corrected chi connectivity index (χ3v) is 8.74. The molecule has 0 bridgehead atoms. The largest absolute Gasteiger partial charge is 0.379 e. The Labute approximate surface area is 202 Å². The molecule has 34 heavy (non-hydrogen) atoms. The average molecular weight is 500 g/mol. The summed E-state index contributed by atoms with van der Waals surface area (Å²) < 4.78 is 32.2. The van der Waals surface area contributed by atoms with Crippen LogP contribution in [0.25, 0.3) is 10.6 Å². The minimum atomic E-state index is -3.56. The first-order valence-electron chi connectivity index (χ1n) is 11.1. The summed E-state index contributed by atoms with van der Waals surface area (Å²) in [5.74, 6) is 0.631. The zero-order valence-corrected chi connectivity index (χ0v) is 20.2. The molecule has 1 aromatic carbocycles. The van der Waals surface area contributed by atoms with Gasteiger partial charge in [-0.25, -0.2) is 18.4 Å². The highest BCUT2D eigenvalue weighted by Crippen LogP contribution is 2.25. The zero-order valence-electron chi connectivity index (χ0n) is 18.5. The van der Waals surface area contributed by atoms with Gasteiger partial charge in [0.15, 0.2) is 0 Å². The first kappa shape index (κ1) is 22.9. The van der Waals surface area contributed by atoms with Gasteiger partial charge in [0, 0.05) is 56.4 Å². The summed E-state index contributed by atoms with van der Waals surface area (Å²) in [6.07, 6.45) is 1.41. The van der Waals surface area contributed by atoms with Crippen LogP contribution in [-0.4, -0.2) is 86.0 Å². The molecule has 0 aliphatic carbocycles. The monoisotopic (exact) mass is 499 g/mol. The number of anilines is 1. The number of hydrogen-bond donors (Lipinski definition) is 0. The lowest BCUT2D eigenvalue weighted by Gasteiger charge is -2.35. The van der Waals surface area contributed by atoms with Gasteiger partial charge in [0.1, 0.15) is 21.4 Å². The van der Waals surface area contributed by atoms with E-state index in [1.54, 1.807) is 17.0 Å². The molecule has 2 aromatic heterocycles. The molecule has 2 aliphatic heterocycles. The summed E-state index contributed by atoms with van der Waals surface area (Å²) in [6, 6.07) is 13.2. The molecule has 2 saturated heterocycles.